The Kier molecular flexibility index (Phi) is 2.60. The largest absolute Gasteiger partial charge is 0.324 e. The van der Waals surface area contributed by atoms with Gasteiger partial charge >= 0.3 is 0 Å². The second kappa shape index (κ2) is 4.68. The summed E-state index contributed by atoms with van der Waals surface area (Å²) in [7, 11) is 0. The van der Waals surface area contributed by atoms with Crippen LogP contribution < -0.4 is 5.32 Å². The summed E-state index contributed by atoms with van der Waals surface area (Å²) in [6.45, 7) is 0. The van der Waals surface area contributed by atoms with E-state index in [-0.39, 0.29) is 5.91 Å². The second-order valence-corrected chi connectivity index (χ2v) is 6.28. The molecular weight excluding hydrogens is 294 g/mol. The third-order valence-corrected chi connectivity index (χ3v) is 5.05. The van der Waals surface area contributed by atoms with E-state index in [1.165, 1.54) is 0 Å². The highest BCUT2D eigenvalue weighted by molar-refractivity contribution is 6.14. The summed E-state index contributed by atoms with van der Waals surface area (Å²) in [4.78, 5) is 13.0. The van der Waals surface area contributed by atoms with Gasteiger partial charge in [-0.25, -0.2) is 0 Å². The van der Waals surface area contributed by atoms with E-state index in [1.54, 1.807) is 0 Å². The van der Waals surface area contributed by atoms with Crippen LogP contribution in [-0.2, 0) is 10.2 Å². The molecule has 1 heterocycles. The van der Waals surface area contributed by atoms with Crippen molar-refractivity contribution in [2.75, 3.05) is 5.32 Å². The zero-order chi connectivity index (χ0) is 16.1. The first-order chi connectivity index (χ1) is 11.8. The lowest BCUT2D eigenvalue weighted by atomic mass is 9.77. The molecule has 2 nitrogen and oxygen atoms in total. The minimum atomic E-state index is -0.724. The number of para-hydroxylation sites is 1. The number of carbonyl (C=O) groups excluding carboxylic acids is 1. The molecule has 0 radical (unpaired) electrons. The molecule has 3 aromatic carbocycles. The van der Waals surface area contributed by atoms with Crippen molar-refractivity contribution in [3.63, 3.8) is 0 Å². The van der Waals surface area contributed by atoms with E-state index in [9.17, 15) is 4.79 Å². The number of hydrogen-bond donors (Lipinski definition) is 1. The molecule has 0 bridgehead atoms. The molecule has 5 rings (SSSR count). The van der Waals surface area contributed by atoms with E-state index in [2.05, 4.69) is 41.7 Å². The summed E-state index contributed by atoms with van der Waals surface area (Å²) in [5, 5.41) is 3.06. The molecule has 2 aliphatic rings. The average molecular weight is 309 g/mol. The first-order valence-corrected chi connectivity index (χ1v) is 8.10. The van der Waals surface area contributed by atoms with Gasteiger partial charge in [0, 0.05) is 5.69 Å². The molecule has 1 N–H and O–H groups in total. The van der Waals surface area contributed by atoms with Crippen molar-refractivity contribution in [3.8, 4) is 0 Å². The number of benzene rings is 3. The summed E-state index contributed by atoms with van der Waals surface area (Å²) in [6.07, 6.45) is 2.13. The van der Waals surface area contributed by atoms with Crippen molar-refractivity contribution in [1.82, 2.24) is 0 Å². The van der Waals surface area contributed by atoms with E-state index in [0.29, 0.717) is 0 Å². The van der Waals surface area contributed by atoms with E-state index < -0.39 is 5.41 Å². The Morgan fingerprint density at radius 1 is 0.708 bits per heavy atom. The Morgan fingerprint density at radius 2 is 1.38 bits per heavy atom. The molecule has 0 unspecified atom stereocenters. The van der Waals surface area contributed by atoms with Gasteiger partial charge in [0.2, 0.25) is 5.91 Å². The van der Waals surface area contributed by atoms with Crippen molar-refractivity contribution in [2.24, 2.45) is 0 Å². The van der Waals surface area contributed by atoms with Crippen molar-refractivity contribution >= 4 is 17.2 Å². The lowest BCUT2D eigenvalue weighted by Crippen LogP contribution is -2.32. The molecule has 1 atom stereocenters. The van der Waals surface area contributed by atoms with Crippen molar-refractivity contribution in [3.05, 3.63) is 107 Å². The van der Waals surface area contributed by atoms with Crippen LogP contribution in [0.25, 0.3) is 5.57 Å². The predicted octanol–water partition coefficient (Wildman–Crippen LogP) is 4.37. The number of rotatable bonds is 1. The molecule has 114 valence electrons. The predicted molar refractivity (Wildman–Crippen MR) is 95.8 cm³/mol. The van der Waals surface area contributed by atoms with Crippen LogP contribution in [0.3, 0.4) is 0 Å². The Hall–Kier alpha value is -3.13. The highest BCUT2D eigenvalue weighted by atomic mass is 16.2. The molecule has 1 amide bonds. The first kappa shape index (κ1) is 13.3. The lowest BCUT2D eigenvalue weighted by molar-refractivity contribution is -0.118. The lowest BCUT2D eigenvalue weighted by Gasteiger charge is -2.21. The molecule has 2 heteroatoms. The third-order valence-electron chi connectivity index (χ3n) is 5.05. The van der Waals surface area contributed by atoms with Crippen molar-refractivity contribution in [1.29, 1.82) is 0 Å². The minimum Gasteiger partial charge on any atom is -0.324 e. The van der Waals surface area contributed by atoms with Crippen LogP contribution in [0.2, 0.25) is 0 Å². The SMILES string of the molecule is O=C1Nc2ccccc2[C@]12C=C(c1ccccc1)c1ccccc12. The maximum absolute atomic E-state index is 13.0. The van der Waals surface area contributed by atoms with Crippen LogP contribution in [-0.4, -0.2) is 5.91 Å². The van der Waals surface area contributed by atoms with Crippen LogP contribution in [0.5, 0.6) is 0 Å². The standard InChI is InChI=1S/C22H15NO/c24-21-22(19-12-6-7-13-20(19)23-21)14-17(15-8-2-1-3-9-15)16-10-4-5-11-18(16)22/h1-14H,(H,23,24)/t22-/m1/s1. The summed E-state index contributed by atoms with van der Waals surface area (Å²) in [5.74, 6) is 0.0297. The molecule has 1 aliphatic carbocycles. The van der Waals surface area contributed by atoms with Gasteiger partial charge in [0.15, 0.2) is 0 Å². The third kappa shape index (κ3) is 1.57. The zero-order valence-corrected chi connectivity index (χ0v) is 13.0. The highest BCUT2D eigenvalue weighted by Gasteiger charge is 2.50. The van der Waals surface area contributed by atoms with Gasteiger partial charge in [-0.3, -0.25) is 4.79 Å². The monoisotopic (exact) mass is 309 g/mol. The Balaban J connectivity index is 1.85. The van der Waals surface area contributed by atoms with Crippen molar-refractivity contribution < 1.29 is 4.79 Å². The Morgan fingerprint density at radius 3 is 2.21 bits per heavy atom. The molecule has 0 aromatic heterocycles. The molecule has 0 fully saturated rings. The van der Waals surface area contributed by atoms with E-state index in [4.69, 9.17) is 0 Å². The molecule has 3 aromatic rings. The van der Waals surface area contributed by atoms with Gasteiger partial charge in [-0.2, -0.15) is 0 Å². The van der Waals surface area contributed by atoms with Gasteiger partial charge in [0.25, 0.3) is 0 Å². The van der Waals surface area contributed by atoms with Gasteiger partial charge in [-0.1, -0.05) is 78.9 Å². The Bertz CT molecular complexity index is 1000. The number of amides is 1. The summed E-state index contributed by atoms with van der Waals surface area (Å²) in [6, 6.07) is 26.5. The number of nitrogens with one attached hydrogen (secondary N) is 1. The molecular formula is C22H15NO. The van der Waals surface area contributed by atoms with Gasteiger partial charge in [-0.15, -0.1) is 0 Å². The fraction of sp³-hybridized carbons (Fsp3) is 0.0455. The van der Waals surface area contributed by atoms with Crippen LogP contribution in [0, 0.1) is 0 Å². The Labute approximate surface area is 140 Å². The molecule has 1 aliphatic heterocycles. The van der Waals surface area contributed by atoms with E-state index in [1.807, 2.05) is 48.5 Å². The number of anilines is 1. The fourth-order valence-corrected chi connectivity index (χ4v) is 3.98. The van der Waals surface area contributed by atoms with Gasteiger partial charge in [0.05, 0.1) is 0 Å². The summed E-state index contributed by atoms with van der Waals surface area (Å²) >= 11 is 0. The van der Waals surface area contributed by atoms with Gasteiger partial charge in [-0.05, 0) is 33.9 Å². The molecule has 24 heavy (non-hydrogen) atoms. The normalized spacial score (nSPS) is 20.5. The van der Waals surface area contributed by atoms with Gasteiger partial charge in [0.1, 0.15) is 5.41 Å². The summed E-state index contributed by atoms with van der Waals surface area (Å²) in [5.41, 5.74) is 5.67. The quantitative estimate of drug-likeness (QED) is 0.710. The highest BCUT2D eigenvalue weighted by Crippen LogP contribution is 2.52. The fourth-order valence-electron chi connectivity index (χ4n) is 3.98. The average Bonchev–Trinajstić information content (AvgIpc) is 3.13. The molecule has 0 saturated heterocycles. The van der Waals surface area contributed by atoms with E-state index in [0.717, 1.165) is 33.5 Å². The van der Waals surface area contributed by atoms with Crippen LogP contribution in [0.1, 0.15) is 22.3 Å². The number of fused-ring (bicyclic) bond motifs is 4. The van der Waals surface area contributed by atoms with Crippen LogP contribution in [0.15, 0.2) is 84.9 Å². The van der Waals surface area contributed by atoms with Crippen LogP contribution in [0.4, 0.5) is 5.69 Å². The van der Waals surface area contributed by atoms with E-state index >= 15 is 0 Å². The van der Waals surface area contributed by atoms with Crippen molar-refractivity contribution in [2.45, 2.75) is 5.41 Å². The first-order valence-electron chi connectivity index (χ1n) is 8.10. The number of hydrogen-bond acceptors (Lipinski definition) is 1. The van der Waals surface area contributed by atoms with Crippen LogP contribution >= 0.6 is 0 Å². The smallest absolute Gasteiger partial charge is 0.243 e. The maximum Gasteiger partial charge on any atom is 0.243 e. The van der Waals surface area contributed by atoms with Gasteiger partial charge < -0.3 is 5.32 Å². The maximum atomic E-state index is 13.0. The topological polar surface area (TPSA) is 29.1 Å². The molecule has 1 spiro atoms. The second-order valence-electron chi connectivity index (χ2n) is 6.28. The number of carbonyl (C=O) groups is 1. The zero-order valence-electron chi connectivity index (χ0n) is 13.0. The molecule has 0 saturated carbocycles. The summed E-state index contributed by atoms with van der Waals surface area (Å²) < 4.78 is 0. The minimum absolute atomic E-state index is 0.0297.